The summed E-state index contributed by atoms with van der Waals surface area (Å²) < 4.78 is 0. The number of aromatic nitrogens is 2. The first kappa shape index (κ1) is 14.3. The van der Waals surface area contributed by atoms with Crippen molar-refractivity contribution in [1.82, 2.24) is 9.97 Å². The van der Waals surface area contributed by atoms with Crippen molar-refractivity contribution in [2.45, 2.75) is 25.3 Å². The Morgan fingerprint density at radius 3 is 2.76 bits per heavy atom. The average Bonchev–Trinajstić information content (AvgIpc) is 2.95. The smallest absolute Gasteiger partial charge is 0.163 e. The van der Waals surface area contributed by atoms with Crippen molar-refractivity contribution < 1.29 is 5.11 Å². The van der Waals surface area contributed by atoms with Gasteiger partial charge in [-0.15, -0.1) is 0 Å². The molecule has 21 heavy (non-hydrogen) atoms. The SMILES string of the molecule is OCC1CCCC1Nc1cc(Cl)nc(-c2ccccc2)n1. The summed E-state index contributed by atoms with van der Waals surface area (Å²) in [5.74, 6) is 1.63. The predicted octanol–water partition coefficient (Wildman–Crippen LogP) is 3.37. The molecule has 5 heteroatoms. The van der Waals surface area contributed by atoms with Crippen LogP contribution in [0.4, 0.5) is 5.82 Å². The van der Waals surface area contributed by atoms with Gasteiger partial charge in [0, 0.05) is 30.2 Å². The van der Waals surface area contributed by atoms with Crippen LogP contribution >= 0.6 is 11.6 Å². The maximum absolute atomic E-state index is 9.40. The molecule has 1 aromatic heterocycles. The lowest BCUT2D eigenvalue weighted by Gasteiger charge is -2.20. The molecule has 2 unspecified atom stereocenters. The molecule has 4 nitrogen and oxygen atoms in total. The standard InChI is InChI=1S/C16H18ClN3O/c17-14-9-15(18-13-8-4-7-12(13)10-21)20-16(19-14)11-5-2-1-3-6-11/h1-3,5-6,9,12-13,21H,4,7-8,10H2,(H,18,19,20). The topological polar surface area (TPSA) is 58.0 Å². The molecule has 1 aliphatic rings. The zero-order chi connectivity index (χ0) is 14.7. The Balaban J connectivity index is 1.85. The van der Waals surface area contributed by atoms with Crippen molar-refractivity contribution in [2.24, 2.45) is 5.92 Å². The Kier molecular flexibility index (Phi) is 4.36. The summed E-state index contributed by atoms with van der Waals surface area (Å²) in [5.41, 5.74) is 0.938. The molecule has 0 amide bonds. The highest BCUT2D eigenvalue weighted by atomic mass is 35.5. The first-order chi connectivity index (χ1) is 10.3. The van der Waals surface area contributed by atoms with Gasteiger partial charge in [-0.25, -0.2) is 9.97 Å². The monoisotopic (exact) mass is 303 g/mol. The van der Waals surface area contributed by atoms with Crippen molar-refractivity contribution in [3.05, 3.63) is 41.6 Å². The van der Waals surface area contributed by atoms with Crippen molar-refractivity contribution in [1.29, 1.82) is 0 Å². The van der Waals surface area contributed by atoms with Gasteiger partial charge in [0.25, 0.3) is 0 Å². The Hall–Kier alpha value is -1.65. The van der Waals surface area contributed by atoms with Crippen LogP contribution in [-0.4, -0.2) is 27.7 Å². The molecule has 0 aliphatic heterocycles. The van der Waals surface area contributed by atoms with Gasteiger partial charge < -0.3 is 10.4 Å². The van der Waals surface area contributed by atoms with Crippen LogP contribution in [0.5, 0.6) is 0 Å². The largest absolute Gasteiger partial charge is 0.396 e. The molecule has 1 saturated carbocycles. The Morgan fingerprint density at radius 2 is 2.00 bits per heavy atom. The van der Waals surface area contributed by atoms with Crippen LogP contribution in [0.3, 0.4) is 0 Å². The Labute approximate surface area is 129 Å². The number of aliphatic hydroxyl groups is 1. The minimum Gasteiger partial charge on any atom is -0.396 e. The van der Waals surface area contributed by atoms with Crippen molar-refractivity contribution in [2.75, 3.05) is 11.9 Å². The number of halogens is 1. The molecule has 1 aromatic carbocycles. The molecule has 1 heterocycles. The third kappa shape index (κ3) is 3.34. The van der Waals surface area contributed by atoms with Gasteiger partial charge >= 0.3 is 0 Å². The second kappa shape index (κ2) is 6.41. The van der Waals surface area contributed by atoms with Crippen LogP contribution in [0.2, 0.25) is 5.15 Å². The van der Waals surface area contributed by atoms with Crippen LogP contribution in [0, 0.1) is 5.92 Å². The molecule has 2 N–H and O–H groups in total. The normalized spacial score (nSPS) is 21.4. The molecule has 3 rings (SSSR count). The molecule has 1 fully saturated rings. The fraction of sp³-hybridized carbons (Fsp3) is 0.375. The lowest BCUT2D eigenvalue weighted by Crippen LogP contribution is -2.26. The van der Waals surface area contributed by atoms with Crippen LogP contribution < -0.4 is 5.32 Å². The van der Waals surface area contributed by atoms with E-state index in [1.165, 1.54) is 0 Å². The van der Waals surface area contributed by atoms with Crippen LogP contribution in [0.25, 0.3) is 11.4 Å². The molecule has 2 aromatic rings. The van der Waals surface area contributed by atoms with Gasteiger partial charge in [-0.05, 0) is 12.8 Å². The van der Waals surface area contributed by atoms with Crippen molar-refractivity contribution in [3.63, 3.8) is 0 Å². The molecular weight excluding hydrogens is 286 g/mol. The molecule has 2 atom stereocenters. The van der Waals surface area contributed by atoms with E-state index in [0.717, 1.165) is 30.6 Å². The number of hydrogen-bond donors (Lipinski definition) is 2. The zero-order valence-electron chi connectivity index (χ0n) is 11.7. The second-order valence-corrected chi connectivity index (χ2v) is 5.78. The number of rotatable bonds is 4. The van der Waals surface area contributed by atoms with Gasteiger partial charge in [-0.3, -0.25) is 0 Å². The second-order valence-electron chi connectivity index (χ2n) is 5.39. The van der Waals surface area contributed by atoms with E-state index in [0.29, 0.717) is 16.9 Å². The number of benzene rings is 1. The van der Waals surface area contributed by atoms with E-state index in [2.05, 4.69) is 15.3 Å². The van der Waals surface area contributed by atoms with Crippen molar-refractivity contribution >= 4 is 17.4 Å². The van der Waals surface area contributed by atoms with Gasteiger partial charge in [0.1, 0.15) is 11.0 Å². The molecule has 110 valence electrons. The zero-order valence-corrected chi connectivity index (χ0v) is 12.4. The van der Waals surface area contributed by atoms with E-state index in [1.54, 1.807) is 6.07 Å². The lowest BCUT2D eigenvalue weighted by atomic mass is 10.1. The first-order valence-corrected chi connectivity index (χ1v) is 7.61. The summed E-state index contributed by atoms with van der Waals surface area (Å²) in [6.07, 6.45) is 3.24. The highest BCUT2D eigenvalue weighted by Crippen LogP contribution is 2.29. The van der Waals surface area contributed by atoms with Crippen molar-refractivity contribution in [3.8, 4) is 11.4 Å². The maximum Gasteiger partial charge on any atom is 0.163 e. The van der Waals surface area contributed by atoms with E-state index in [-0.39, 0.29) is 12.6 Å². The fourth-order valence-corrected chi connectivity index (χ4v) is 3.03. The quantitative estimate of drug-likeness (QED) is 0.850. The van der Waals surface area contributed by atoms with Gasteiger partial charge in [0.05, 0.1) is 0 Å². The number of hydrogen-bond acceptors (Lipinski definition) is 4. The van der Waals surface area contributed by atoms with E-state index < -0.39 is 0 Å². The Morgan fingerprint density at radius 1 is 1.19 bits per heavy atom. The summed E-state index contributed by atoms with van der Waals surface area (Å²) in [6.45, 7) is 0.210. The molecule has 0 saturated heterocycles. The molecule has 0 bridgehead atoms. The number of anilines is 1. The number of nitrogens with one attached hydrogen (secondary N) is 1. The minimum absolute atomic E-state index is 0.210. The Bertz CT molecular complexity index is 606. The van der Waals surface area contributed by atoms with Crippen LogP contribution in [-0.2, 0) is 0 Å². The molecule has 0 radical (unpaired) electrons. The highest BCUT2D eigenvalue weighted by molar-refractivity contribution is 6.29. The molecule has 1 aliphatic carbocycles. The molecular formula is C16H18ClN3O. The summed E-state index contributed by atoms with van der Waals surface area (Å²) >= 11 is 6.12. The predicted molar refractivity (Wildman–Crippen MR) is 84.3 cm³/mol. The van der Waals surface area contributed by atoms with Gasteiger partial charge in [-0.1, -0.05) is 48.4 Å². The van der Waals surface area contributed by atoms with Gasteiger partial charge in [0.15, 0.2) is 5.82 Å². The highest BCUT2D eigenvalue weighted by Gasteiger charge is 2.26. The summed E-state index contributed by atoms with van der Waals surface area (Å²) in [6, 6.07) is 11.8. The van der Waals surface area contributed by atoms with E-state index in [9.17, 15) is 5.11 Å². The lowest BCUT2D eigenvalue weighted by molar-refractivity contribution is 0.222. The third-order valence-electron chi connectivity index (χ3n) is 3.95. The summed E-state index contributed by atoms with van der Waals surface area (Å²) in [4.78, 5) is 8.83. The van der Waals surface area contributed by atoms with E-state index >= 15 is 0 Å². The average molecular weight is 304 g/mol. The van der Waals surface area contributed by atoms with Gasteiger partial charge in [-0.2, -0.15) is 0 Å². The van der Waals surface area contributed by atoms with E-state index in [4.69, 9.17) is 11.6 Å². The van der Waals surface area contributed by atoms with E-state index in [1.807, 2.05) is 30.3 Å². The number of nitrogens with zero attached hydrogens (tertiary/aromatic N) is 2. The fourth-order valence-electron chi connectivity index (χ4n) is 2.84. The first-order valence-electron chi connectivity index (χ1n) is 7.23. The van der Waals surface area contributed by atoms with Crippen LogP contribution in [0.1, 0.15) is 19.3 Å². The maximum atomic E-state index is 9.40. The van der Waals surface area contributed by atoms with Gasteiger partial charge in [0.2, 0.25) is 0 Å². The molecule has 0 spiro atoms. The third-order valence-corrected chi connectivity index (χ3v) is 4.15. The minimum atomic E-state index is 0.210. The van der Waals surface area contributed by atoms with Crippen LogP contribution in [0.15, 0.2) is 36.4 Å². The summed E-state index contributed by atoms with van der Waals surface area (Å²) in [7, 11) is 0. The number of aliphatic hydroxyl groups excluding tert-OH is 1. The summed E-state index contributed by atoms with van der Waals surface area (Å²) in [5, 5.41) is 13.2.